The summed E-state index contributed by atoms with van der Waals surface area (Å²) in [6.07, 6.45) is 0. The first-order chi connectivity index (χ1) is 11.1. The van der Waals surface area contributed by atoms with Gasteiger partial charge in [0.25, 0.3) is 5.69 Å². The number of halogens is 1. The quantitative estimate of drug-likeness (QED) is 0.423. The molecule has 0 aromatic heterocycles. The van der Waals surface area contributed by atoms with Crippen molar-refractivity contribution in [1.29, 1.82) is 5.26 Å². The third-order valence-electron chi connectivity index (χ3n) is 3.38. The van der Waals surface area contributed by atoms with Gasteiger partial charge in [-0.15, -0.1) is 0 Å². The molecule has 0 radical (unpaired) electrons. The smallest absolute Gasteiger partial charge is 0.269 e. The van der Waals surface area contributed by atoms with Gasteiger partial charge in [-0.3, -0.25) is 15.4 Å². The Hall–Kier alpha value is -2.02. The second-order valence-electron chi connectivity index (χ2n) is 4.84. The highest BCUT2D eigenvalue weighted by molar-refractivity contribution is 14.1. The van der Waals surface area contributed by atoms with Crippen molar-refractivity contribution in [3.63, 3.8) is 0 Å². The van der Waals surface area contributed by atoms with Crippen LogP contribution >= 0.6 is 22.6 Å². The molecule has 6 nitrogen and oxygen atoms in total. The average molecular weight is 423 g/mol. The second kappa shape index (κ2) is 8.01. The lowest BCUT2D eigenvalue weighted by Gasteiger charge is -2.21. The van der Waals surface area contributed by atoms with Crippen LogP contribution in [0, 0.1) is 25.0 Å². The number of hydrogen-bond acceptors (Lipinski definition) is 5. The summed E-state index contributed by atoms with van der Waals surface area (Å²) in [5.74, 6) is 0. The highest BCUT2D eigenvalue weighted by Gasteiger charge is 2.21. The van der Waals surface area contributed by atoms with Gasteiger partial charge in [-0.05, 0) is 34.2 Å². The van der Waals surface area contributed by atoms with E-state index >= 15 is 0 Å². The zero-order chi connectivity index (χ0) is 16.8. The first-order valence-corrected chi connectivity index (χ1v) is 7.90. The van der Waals surface area contributed by atoms with E-state index in [-0.39, 0.29) is 12.3 Å². The third-order valence-corrected chi connectivity index (χ3v) is 4.37. The molecule has 7 heteroatoms. The Morgan fingerprint density at radius 3 is 2.57 bits per heavy atom. The fraction of sp³-hybridized carbons (Fsp3) is 0.188. The van der Waals surface area contributed by atoms with Gasteiger partial charge in [0.05, 0.1) is 23.6 Å². The van der Waals surface area contributed by atoms with Crippen LogP contribution in [0.4, 0.5) is 5.69 Å². The van der Waals surface area contributed by atoms with Crippen LogP contribution in [0.2, 0.25) is 0 Å². The Labute approximate surface area is 147 Å². The maximum atomic E-state index is 10.9. The SMILES string of the molecule is N#C[C@@H](N[C@@H](CO)c1ccccc1)c1cc([N+](=O)[O-])ccc1I. The summed E-state index contributed by atoms with van der Waals surface area (Å²) in [4.78, 5) is 10.4. The molecule has 0 aliphatic heterocycles. The van der Waals surface area contributed by atoms with Crippen LogP contribution < -0.4 is 5.32 Å². The number of nitriles is 1. The maximum Gasteiger partial charge on any atom is 0.269 e. The lowest BCUT2D eigenvalue weighted by molar-refractivity contribution is -0.384. The van der Waals surface area contributed by atoms with Crippen molar-refractivity contribution >= 4 is 28.3 Å². The number of aliphatic hydroxyl groups is 1. The molecule has 0 saturated heterocycles. The van der Waals surface area contributed by atoms with Crippen molar-refractivity contribution in [2.75, 3.05) is 6.61 Å². The third kappa shape index (κ3) is 4.25. The van der Waals surface area contributed by atoms with Gasteiger partial charge >= 0.3 is 0 Å². The van der Waals surface area contributed by atoms with Gasteiger partial charge in [0, 0.05) is 21.3 Å². The standard InChI is InChI=1S/C16H14IN3O3/c17-14-7-6-12(20(22)23)8-13(14)15(9-18)19-16(10-21)11-4-2-1-3-5-11/h1-8,15-16,19,21H,10H2/t15-,16+/m1/s1. The predicted octanol–water partition coefficient (Wildman–Crippen LogP) is 3.09. The van der Waals surface area contributed by atoms with Crippen molar-refractivity contribution < 1.29 is 10.0 Å². The summed E-state index contributed by atoms with van der Waals surface area (Å²) in [7, 11) is 0. The van der Waals surface area contributed by atoms with Crippen molar-refractivity contribution in [3.8, 4) is 6.07 Å². The number of aliphatic hydroxyl groups excluding tert-OH is 1. The van der Waals surface area contributed by atoms with Gasteiger partial charge in [0.1, 0.15) is 6.04 Å². The van der Waals surface area contributed by atoms with E-state index in [0.717, 1.165) is 9.13 Å². The molecular formula is C16H14IN3O3. The van der Waals surface area contributed by atoms with Crippen LogP contribution in [0.1, 0.15) is 23.2 Å². The van der Waals surface area contributed by atoms with Crippen LogP contribution in [0.3, 0.4) is 0 Å². The molecule has 0 amide bonds. The van der Waals surface area contributed by atoms with Crippen LogP contribution in [0.25, 0.3) is 0 Å². The molecule has 0 aliphatic carbocycles. The Morgan fingerprint density at radius 1 is 1.30 bits per heavy atom. The van der Waals surface area contributed by atoms with Crippen molar-refractivity contribution in [2.24, 2.45) is 0 Å². The minimum atomic E-state index is -0.765. The Kier molecular flexibility index (Phi) is 6.04. The fourth-order valence-electron chi connectivity index (χ4n) is 2.20. The number of hydrogen-bond donors (Lipinski definition) is 2. The molecule has 2 aromatic rings. The summed E-state index contributed by atoms with van der Waals surface area (Å²) in [5.41, 5.74) is 1.30. The molecule has 2 aromatic carbocycles. The summed E-state index contributed by atoms with van der Waals surface area (Å²) >= 11 is 2.04. The molecule has 0 fully saturated rings. The lowest BCUT2D eigenvalue weighted by atomic mass is 10.0. The molecule has 0 spiro atoms. The number of benzene rings is 2. The van der Waals surface area contributed by atoms with E-state index in [0.29, 0.717) is 5.56 Å². The average Bonchev–Trinajstić information content (AvgIpc) is 2.57. The molecule has 0 bridgehead atoms. The lowest BCUT2D eigenvalue weighted by Crippen LogP contribution is -2.28. The van der Waals surface area contributed by atoms with Crippen LogP contribution in [-0.2, 0) is 0 Å². The van der Waals surface area contributed by atoms with Gasteiger partial charge in [-0.1, -0.05) is 30.3 Å². The van der Waals surface area contributed by atoms with E-state index in [9.17, 15) is 20.5 Å². The summed E-state index contributed by atoms with van der Waals surface area (Å²) in [6.45, 7) is -0.187. The Balaban J connectivity index is 2.31. The van der Waals surface area contributed by atoms with Gasteiger partial charge < -0.3 is 5.11 Å². The topological polar surface area (TPSA) is 99.2 Å². The maximum absolute atomic E-state index is 10.9. The molecule has 23 heavy (non-hydrogen) atoms. The summed E-state index contributed by atoms with van der Waals surface area (Å²) in [5, 5.41) is 33.0. The zero-order valence-electron chi connectivity index (χ0n) is 12.0. The zero-order valence-corrected chi connectivity index (χ0v) is 14.2. The number of nitro groups is 1. The molecule has 2 atom stereocenters. The second-order valence-corrected chi connectivity index (χ2v) is 6.00. The summed E-state index contributed by atoms with van der Waals surface area (Å²) in [6, 6.07) is 14.6. The van der Waals surface area contributed by atoms with E-state index in [2.05, 4.69) is 11.4 Å². The first kappa shape index (κ1) is 17.3. The van der Waals surface area contributed by atoms with Crippen LogP contribution in [-0.4, -0.2) is 16.6 Å². The van der Waals surface area contributed by atoms with Crippen molar-refractivity contribution in [1.82, 2.24) is 5.32 Å². The molecule has 0 heterocycles. The van der Waals surface area contributed by atoms with Crippen molar-refractivity contribution in [3.05, 3.63) is 73.3 Å². The molecule has 0 aliphatic rings. The van der Waals surface area contributed by atoms with Gasteiger partial charge in [0.2, 0.25) is 0 Å². The Bertz CT molecular complexity index is 731. The molecule has 2 rings (SSSR count). The highest BCUT2D eigenvalue weighted by Crippen LogP contribution is 2.27. The van der Waals surface area contributed by atoms with Gasteiger partial charge in [-0.2, -0.15) is 5.26 Å². The van der Waals surface area contributed by atoms with Gasteiger partial charge in [0.15, 0.2) is 0 Å². The first-order valence-electron chi connectivity index (χ1n) is 6.82. The largest absolute Gasteiger partial charge is 0.394 e. The minimum Gasteiger partial charge on any atom is -0.394 e. The normalized spacial score (nSPS) is 13.1. The monoisotopic (exact) mass is 423 g/mol. The fourth-order valence-corrected chi connectivity index (χ4v) is 2.85. The van der Waals surface area contributed by atoms with Gasteiger partial charge in [-0.25, -0.2) is 0 Å². The molecule has 0 saturated carbocycles. The van der Waals surface area contributed by atoms with E-state index in [4.69, 9.17) is 0 Å². The van der Waals surface area contributed by atoms with Crippen LogP contribution in [0.5, 0.6) is 0 Å². The molecule has 0 unspecified atom stereocenters. The summed E-state index contributed by atoms with van der Waals surface area (Å²) < 4.78 is 0.747. The molecule has 118 valence electrons. The number of nitro benzene ring substituents is 1. The van der Waals surface area contributed by atoms with E-state index in [1.54, 1.807) is 6.07 Å². The number of nitrogens with zero attached hydrogens (tertiary/aromatic N) is 2. The van der Waals surface area contributed by atoms with E-state index < -0.39 is 17.0 Å². The Morgan fingerprint density at radius 2 is 2.00 bits per heavy atom. The number of rotatable bonds is 6. The molecular weight excluding hydrogens is 409 g/mol. The minimum absolute atomic E-state index is 0.0669. The van der Waals surface area contributed by atoms with E-state index in [1.165, 1.54) is 12.1 Å². The van der Waals surface area contributed by atoms with Crippen LogP contribution in [0.15, 0.2) is 48.5 Å². The number of nitrogens with one attached hydrogen (secondary N) is 1. The highest BCUT2D eigenvalue weighted by atomic mass is 127. The predicted molar refractivity (Wildman–Crippen MR) is 93.6 cm³/mol. The number of non-ortho nitro benzene ring substituents is 1. The van der Waals surface area contributed by atoms with Crippen molar-refractivity contribution in [2.45, 2.75) is 12.1 Å². The molecule has 2 N–H and O–H groups in total. The van der Waals surface area contributed by atoms with E-state index in [1.807, 2.05) is 52.9 Å².